The summed E-state index contributed by atoms with van der Waals surface area (Å²) < 4.78 is 39.7. The van der Waals surface area contributed by atoms with Gasteiger partial charge in [0.05, 0.1) is 16.9 Å². The maximum absolute atomic E-state index is 13.2. The number of anilines is 1. The number of hydrogen-bond acceptors (Lipinski definition) is 5. The van der Waals surface area contributed by atoms with E-state index >= 15 is 0 Å². The van der Waals surface area contributed by atoms with Crippen molar-refractivity contribution in [2.45, 2.75) is 19.1 Å². The van der Waals surface area contributed by atoms with E-state index in [1.807, 2.05) is 0 Å². The molecule has 0 radical (unpaired) electrons. The van der Waals surface area contributed by atoms with Crippen molar-refractivity contribution < 1.29 is 13.2 Å². The molecular formula is C11H13F3N4S. The van der Waals surface area contributed by atoms with Gasteiger partial charge in [0, 0.05) is 5.56 Å². The number of pyridine rings is 1. The van der Waals surface area contributed by atoms with Crippen LogP contribution in [0, 0.1) is 6.92 Å². The van der Waals surface area contributed by atoms with Crippen LogP contribution < -0.4 is 5.73 Å². The number of fused-ring (bicyclic) bond motifs is 1. The van der Waals surface area contributed by atoms with Crippen LogP contribution in [-0.2, 0) is 0 Å². The first kappa shape index (κ1) is 14.0. The number of halogens is 3. The molecule has 2 N–H and O–H groups in total. The molecule has 2 aromatic heterocycles. The summed E-state index contributed by atoms with van der Waals surface area (Å²) in [6, 6.07) is -1.79. The van der Waals surface area contributed by atoms with Crippen LogP contribution in [0.2, 0.25) is 0 Å². The lowest BCUT2D eigenvalue weighted by Crippen LogP contribution is -2.34. The van der Waals surface area contributed by atoms with Crippen molar-refractivity contribution in [3.05, 3.63) is 16.8 Å². The van der Waals surface area contributed by atoms with Gasteiger partial charge in [-0.05, 0) is 21.0 Å². The van der Waals surface area contributed by atoms with Crippen molar-refractivity contribution in [1.82, 2.24) is 14.9 Å². The van der Waals surface area contributed by atoms with Crippen molar-refractivity contribution in [2.75, 3.05) is 19.8 Å². The minimum absolute atomic E-state index is 0.00817. The average molecular weight is 290 g/mol. The monoisotopic (exact) mass is 290 g/mol. The first-order valence-corrected chi connectivity index (χ1v) is 6.28. The molecule has 0 aliphatic carbocycles. The SMILES string of the molecule is Cc1nc2c(C(N(C)C)C(F)(F)F)c(N)cnc2s1. The highest BCUT2D eigenvalue weighted by molar-refractivity contribution is 7.18. The average Bonchev–Trinajstić information content (AvgIpc) is 2.60. The topological polar surface area (TPSA) is 55.0 Å². The molecule has 2 heterocycles. The van der Waals surface area contributed by atoms with Gasteiger partial charge in [-0.3, -0.25) is 4.90 Å². The third-order valence-electron chi connectivity index (χ3n) is 2.70. The minimum atomic E-state index is -4.43. The number of nitrogens with two attached hydrogens (primary N) is 1. The van der Waals surface area contributed by atoms with E-state index in [1.165, 1.54) is 31.6 Å². The number of rotatable bonds is 2. The second-order valence-corrected chi connectivity index (χ2v) is 5.60. The summed E-state index contributed by atoms with van der Waals surface area (Å²) in [4.78, 5) is 9.72. The van der Waals surface area contributed by atoms with Gasteiger partial charge in [-0.25, -0.2) is 9.97 Å². The second-order valence-electron chi connectivity index (χ2n) is 4.42. The van der Waals surface area contributed by atoms with E-state index in [9.17, 15) is 13.2 Å². The first-order chi connectivity index (χ1) is 8.71. The van der Waals surface area contributed by atoms with Gasteiger partial charge < -0.3 is 5.73 Å². The van der Waals surface area contributed by atoms with Gasteiger partial charge in [-0.2, -0.15) is 13.2 Å². The molecule has 0 aliphatic heterocycles. The molecule has 0 aliphatic rings. The molecule has 0 saturated carbocycles. The smallest absolute Gasteiger partial charge is 0.397 e. The summed E-state index contributed by atoms with van der Waals surface area (Å²) in [7, 11) is 2.73. The van der Waals surface area contributed by atoms with E-state index in [2.05, 4.69) is 9.97 Å². The van der Waals surface area contributed by atoms with Crippen molar-refractivity contribution in [2.24, 2.45) is 0 Å². The molecule has 4 nitrogen and oxygen atoms in total. The molecule has 0 bridgehead atoms. The van der Waals surface area contributed by atoms with Crippen LogP contribution in [0.15, 0.2) is 6.20 Å². The van der Waals surface area contributed by atoms with Crippen molar-refractivity contribution in [3.63, 3.8) is 0 Å². The van der Waals surface area contributed by atoms with E-state index in [0.717, 1.165) is 4.90 Å². The Kier molecular flexibility index (Phi) is 3.40. The summed E-state index contributed by atoms with van der Waals surface area (Å²) >= 11 is 1.25. The van der Waals surface area contributed by atoms with E-state index in [0.29, 0.717) is 9.84 Å². The zero-order valence-electron chi connectivity index (χ0n) is 10.6. The lowest BCUT2D eigenvalue weighted by Gasteiger charge is -2.28. The molecule has 0 fully saturated rings. The van der Waals surface area contributed by atoms with Crippen LogP contribution in [0.5, 0.6) is 0 Å². The first-order valence-electron chi connectivity index (χ1n) is 5.46. The summed E-state index contributed by atoms with van der Waals surface area (Å²) in [5.41, 5.74) is 5.93. The molecular weight excluding hydrogens is 277 g/mol. The Morgan fingerprint density at radius 2 is 2.00 bits per heavy atom. The highest BCUT2D eigenvalue weighted by atomic mass is 32.1. The van der Waals surface area contributed by atoms with E-state index < -0.39 is 12.2 Å². The molecule has 0 amide bonds. The molecule has 104 valence electrons. The van der Waals surface area contributed by atoms with Crippen LogP contribution in [-0.4, -0.2) is 35.1 Å². The fourth-order valence-electron chi connectivity index (χ4n) is 2.02. The maximum Gasteiger partial charge on any atom is 0.408 e. The number of nitrogen functional groups attached to an aromatic ring is 1. The Hall–Kier alpha value is -1.41. The fourth-order valence-corrected chi connectivity index (χ4v) is 2.79. The van der Waals surface area contributed by atoms with Crippen LogP contribution in [0.1, 0.15) is 16.6 Å². The Balaban J connectivity index is 2.74. The largest absolute Gasteiger partial charge is 0.408 e. The van der Waals surface area contributed by atoms with Crippen LogP contribution >= 0.6 is 11.3 Å². The third kappa shape index (κ3) is 2.50. The number of alkyl halides is 3. The van der Waals surface area contributed by atoms with Gasteiger partial charge in [0.25, 0.3) is 0 Å². The molecule has 0 spiro atoms. The highest BCUT2D eigenvalue weighted by Crippen LogP contribution is 2.42. The number of hydrogen-bond donors (Lipinski definition) is 1. The minimum Gasteiger partial charge on any atom is -0.397 e. The van der Waals surface area contributed by atoms with Crippen LogP contribution in [0.25, 0.3) is 10.3 Å². The Morgan fingerprint density at radius 1 is 1.37 bits per heavy atom. The van der Waals surface area contributed by atoms with Gasteiger partial charge in [0.15, 0.2) is 0 Å². The van der Waals surface area contributed by atoms with Gasteiger partial charge >= 0.3 is 6.18 Å². The predicted molar refractivity (Wildman–Crippen MR) is 69.0 cm³/mol. The summed E-state index contributed by atoms with van der Waals surface area (Å²) in [5, 5.41) is 0.661. The Labute approximate surface area is 112 Å². The van der Waals surface area contributed by atoms with Gasteiger partial charge in [-0.15, -0.1) is 0 Å². The van der Waals surface area contributed by atoms with E-state index in [1.54, 1.807) is 6.92 Å². The van der Waals surface area contributed by atoms with Crippen LogP contribution in [0.3, 0.4) is 0 Å². The zero-order valence-corrected chi connectivity index (χ0v) is 11.4. The van der Waals surface area contributed by atoms with E-state index in [-0.39, 0.29) is 16.8 Å². The molecule has 1 unspecified atom stereocenters. The summed E-state index contributed by atoms with van der Waals surface area (Å²) in [6.45, 7) is 1.73. The summed E-state index contributed by atoms with van der Waals surface area (Å²) in [5.74, 6) is 0. The van der Waals surface area contributed by atoms with Crippen molar-refractivity contribution >= 4 is 27.4 Å². The lowest BCUT2D eigenvalue weighted by atomic mass is 10.0. The quantitative estimate of drug-likeness (QED) is 0.924. The molecule has 2 rings (SSSR count). The van der Waals surface area contributed by atoms with E-state index in [4.69, 9.17) is 5.73 Å². The second kappa shape index (κ2) is 4.61. The van der Waals surface area contributed by atoms with Gasteiger partial charge in [-0.1, -0.05) is 11.3 Å². The highest BCUT2D eigenvalue weighted by Gasteiger charge is 2.44. The lowest BCUT2D eigenvalue weighted by molar-refractivity contribution is -0.179. The predicted octanol–water partition coefficient (Wildman–Crippen LogP) is 2.75. The Morgan fingerprint density at radius 3 is 2.53 bits per heavy atom. The van der Waals surface area contributed by atoms with Crippen molar-refractivity contribution in [3.8, 4) is 0 Å². The normalized spacial score (nSPS) is 14.3. The fraction of sp³-hybridized carbons (Fsp3) is 0.455. The Bertz CT molecular complexity index is 606. The molecule has 2 aromatic rings. The van der Waals surface area contributed by atoms with Crippen LogP contribution in [0.4, 0.5) is 18.9 Å². The number of aryl methyl sites for hydroxylation is 1. The zero-order chi connectivity index (χ0) is 14.4. The molecule has 19 heavy (non-hydrogen) atoms. The van der Waals surface area contributed by atoms with Gasteiger partial charge in [0.2, 0.25) is 0 Å². The molecule has 8 heteroatoms. The number of thiazole rings is 1. The molecule has 0 aromatic carbocycles. The third-order valence-corrected chi connectivity index (χ3v) is 3.58. The number of aromatic nitrogens is 2. The van der Waals surface area contributed by atoms with Crippen molar-refractivity contribution in [1.29, 1.82) is 0 Å². The molecule has 1 atom stereocenters. The van der Waals surface area contributed by atoms with Gasteiger partial charge in [0.1, 0.15) is 16.4 Å². The summed E-state index contributed by atoms with van der Waals surface area (Å²) in [6.07, 6.45) is -3.17. The maximum atomic E-state index is 13.2. The molecule has 0 saturated heterocycles. The number of nitrogens with zero attached hydrogens (tertiary/aromatic N) is 3. The standard InChI is InChI=1S/C11H13F3N4S/c1-5-17-8-7(6(15)4-16-10(8)19-5)9(18(2)3)11(12,13)14/h4,9H,15H2,1-3H3.